The normalized spacial score (nSPS) is 11.6. The Labute approximate surface area is 275 Å². The second-order valence-electron chi connectivity index (χ2n) is 11.7. The van der Waals surface area contributed by atoms with Crippen LogP contribution in [0.1, 0.15) is 27.8 Å². The number of methoxy groups -OCH3 is 2. The van der Waals surface area contributed by atoms with Crippen LogP contribution >= 0.6 is 0 Å². The monoisotopic (exact) mass is 616 g/mol. The van der Waals surface area contributed by atoms with Gasteiger partial charge < -0.3 is 19.3 Å². The summed E-state index contributed by atoms with van der Waals surface area (Å²) in [4.78, 5) is 0. The Bertz CT molecular complexity index is 2090. The number of hydrogen-bond donors (Lipinski definition) is 1. The van der Waals surface area contributed by atoms with Gasteiger partial charge in [0.1, 0.15) is 17.1 Å². The molecule has 0 heterocycles. The fourth-order valence-electron chi connectivity index (χ4n) is 6.65. The first kappa shape index (κ1) is 30.2. The van der Waals surface area contributed by atoms with Gasteiger partial charge >= 0.3 is 0 Å². The van der Waals surface area contributed by atoms with Gasteiger partial charge in [0.25, 0.3) is 0 Å². The Morgan fingerprint density at radius 2 is 1.11 bits per heavy atom. The standard InChI is InChI=1S/C43H36O4/c1-45-37-20-16-35(17-21-37)43(34-10-4-3-5-11-34,36-18-22-38(46-2)23-19-36)47-29-31-25-30(28-44)26-33(27-31)40-13-8-14-41-39-12-7-6-9-32(39)15-24-42(40)41/h3-27,44H,28-29H2,1-2H3. The van der Waals surface area contributed by atoms with E-state index in [1.165, 1.54) is 21.5 Å². The third-order valence-corrected chi connectivity index (χ3v) is 8.96. The van der Waals surface area contributed by atoms with E-state index in [1.54, 1.807) is 14.2 Å². The van der Waals surface area contributed by atoms with E-state index in [1.807, 2.05) is 48.5 Å². The topological polar surface area (TPSA) is 47.9 Å². The van der Waals surface area contributed by atoms with Crippen LogP contribution in [0.4, 0.5) is 0 Å². The van der Waals surface area contributed by atoms with Crippen molar-refractivity contribution in [1.29, 1.82) is 0 Å². The third-order valence-electron chi connectivity index (χ3n) is 8.96. The molecule has 1 N–H and O–H groups in total. The average molecular weight is 617 g/mol. The van der Waals surface area contributed by atoms with E-state index >= 15 is 0 Å². The molecule has 0 aliphatic heterocycles. The van der Waals surface area contributed by atoms with Crippen molar-refractivity contribution in [2.24, 2.45) is 0 Å². The molecule has 0 amide bonds. The van der Waals surface area contributed by atoms with E-state index in [-0.39, 0.29) is 6.61 Å². The Kier molecular flexibility index (Phi) is 8.45. The molecule has 4 nitrogen and oxygen atoms in total. The lowest BCUT2D eigenvalue weighted by Gasteiger charge is -2.36. The van der Waals surface area contributed by atoms with Crippen molar-refractivity contribution in [3.63, 3.8) is 0 Å². The van der Waals surface area contributed by atoms with E-state index in [0.29, 0.717) is 6.61 Å². The lowest BCUT2D eigenvalue weighted by Crippen LogP contribution is -2.32. The van der Waals surface area contributed by atoms with Gasteiger partial charge in [-0.05, 0) is 96.9 Å². The second kappa shape index (κ2) is 13.1. The van der Waals surface area contributed by atoms with Gasteiger partial charge in [0, 0.05) is 0 Å². The van der Waals surface area contributed by atoms with E-state index in [2.05, 4.69) is 103 Å². The van der Waals surface area contributed by atoms with Crippen LogP contribution in [-0.2, 0) is 23.6 Å². The van der Waals surface area contributed by atoms with Gasteiger partial charge in [-0.3, -0.25) is 0 Å². The fraction of sp³-hybridized carbons (Fsp3) is 0.116. The molecule has 0 saturated carbocycles. The molecule has 232 valence electrons. The van der Waals surface area contributed by atoms with E-state index in [0.717, 1.165) is 50.4 Å². The summed E-state index contributed by atoms with van der Waals surface area (Å²) in [5, 5.41) is 15.2. The van der Waals surface area contributed by atoms with Crippen molar-refractivity contribution < 1.29 is 19.3 Å². The first-order valence-electron chi connectivity index (χ1n) is 15.8. The summed E-state index contributed by atoms with van der Waals surface area (Å²) >= 11 is 0. The van der Waals surface area contributed by atoms with Crippen LogP contribution in [-0.4, -0.2) is 19.3 Å². The van der Waals surface area contributed by atoms with E-state index in [4.69, 9.17) is 14.2 Å². The molecular formula is C43H36O4. The molecule has 0 atom stereocenters. The lowest BCUT2D eigenvalue weighted by atomic mass is 9.80. The highest BCUT2D eigenvalue weighted by Gasteiger charge is 2.38. The number of aliphatic hydroxyl groups is 1. The maximum atomic E-state index is 10.4. The second-order valence-corrected chi connectivity index (χ2v) is 11.7. The van der Waals surface area contributed by atoms with E-state index < -0.39 is 5.60 Å². The van der Waals surface area contributed by atoms with E-state index in [9.17, 15) is 5.11 Å². The van der Waals surface area contributed by atoms with Gasteiger partial charge in [-0.15, -0.1) is 0 Å². The minimum atomic E-state index is -0.951. The van der Waals surface area contributed by atoms with Gasteiger partial charge in [0.05, 0.1) is 27.4 Å². The fourth-order valence-corrected chi connectivity index (χ4v) is 6.65. The first-order valence-corrected chi connectivity index (χ1v) is 15.8. The maximum absolute atomic E-state index is 10.4. The molecular weight excluding hydrogens is 580 g/mol. The number of fused-ring (bicyclic) bond motifs is 3. The summed E-state index contributed by atoms with van der Waals surface area (Å²) in [5.74, 6) is 1.54. The van der Waals surface area contributed by atoms with Gasteiger partial charge in [-0.2, -0.15) is 0 Å². The molecule has 0 aromatic heterocycles. The number of hydrogen-bond acceptors (Lipinski definition) is 4. The van der Waals surface area contributed by atoms with Crippen molar-refractivity contribution in [1.82, 2.24) is 0 Å². The van der Waals surface area contributed by atoms with Crippen LogP contribution < -0.4 is 9.47 Å². The largest absolute Gasteiger partial charge is 0.497 e. The first-order chi connectivity index (χ1) is 23.1. The molecule has 4 heteroatoms. The summed E-state index contributed by atoms with van der Waals surface area (Å²) in [6.45, 7) is 0.219. The molecule has 0 spiro atoms. The third kappa shape index (κ3) is 5.74. The zero-order valence-electron chi connectivity index (χ0n) is 26.5. The number of aliphatic hydroxyl groups excluding tert-OH is 1. The number of benzene rings is 7. The van der Waals surface area contributed by atoms with Crippen molar-refractivity contribution >= 4 is 21.5 Å². The SMILES string of the molecule is COc1ccc(C(OCc2cc(CO)cc(-c3cccc4c3ccc3ccccc34)c2)(c2ccccc2)c2ccc(OC)cc2)cc1. The zero-order chi connectivity index (χ0) is 32.2. The molecule has 7 aromatic rings. The van der Waals surface area contributed by atoms with Gasteiger partial charge in [0.2, 0.25) is 0 Å². The molecule has 0 unspecified atom stereocenters. The zero-order valence-corrected chi connectivity index (χ0v) is 26.5. The lowest BCUT2D eigenvalue weighted by molar-refractivity contribution is 0.000159. The molecule has 7 aromatic carbocycles. The summed E-state index contributed by atoms with van der Waals surface area (Å²) in [7, 11) is 3.34. The quantitative estimate of drug-likeness (QED) is 0.123. The molecule has 0 aliphatic carbocycles. The van der Waals surface area contributed by atoms with Crippen molar-refractivity contribution in [2.75, 3.05) is 14.2 Å². The Balaban J connectivity index is 1.36. The molecule has 0 aliphatic rings. The van der Waals surface area contributed by atoms with Crippen molar-refractivity contribution in [2.45, 2.75) is 18.8 Å². The molecule has 7 rings (SSSR count). The summed E-state index contributed by atoms with van der Waals surface area (Å²) < 4.78 is 18.2. The highest BCUT2D eigenvalue weighted by Crippen LogP contribution is 2.43. The molecule has 0 bridgehead atoms. The van der Waals surface area contributed by atoms with Crippen LogP contribution in [0, 0.1) is 0 Å². The minimum absolute atomic E-state index is 0.0741. The van der Waals surface area contributed by atoms with Crippen LogP contribution in [0.25, 0.3) is 32.7 Å². The van der Waals surface area contributed by atoms with Gasteiger partial charge in [-0.1, -0.05) is 115 Å². The van der Waals surface area contributed by atoms with Crippen molar-refractivity contribution in [3.05, 3.63) is 179 Å². The van der Waals surface area contributed by atoms with Crippen LogP contribution in [0.15, 0.2) is 152 Å². The summed E-state index contributed by atoms with van der Waals surface area (Å²) in [6.07, 6.45) is 0. The predicted molar refractivity (Wildman–Crippen MR) is 190 cm³/mol. The molecule has 0 fully saturated rings. The van der Waals surface area contributed by atoms with Crippen LogP contribution in [0.2, 0.25) is 0 Å². The van der Waals surface area contributed by atoms with Gasteiger partial charge in [-0.25, -0.2) is 0 Å². The Morgan fingerprint density at radius 1 is 0.511 bits per heavy atom. The number of rotatable bonds is 10. The maximum Gasteiger partial charge on any atom is 0.144 e. The van der Waals surface area contributed by atoms with Crippen LogP contribution in [0.3, 0.4) is 0 Å². The highest BCUT2D eigenvalue weighted by molar-refractivity contribution is 6.12. The van der Waals surface area contributed by atoms with Crippen LogP contribution in [0.5, 0.6) is 11.5 Å². The predicted octanol–water partition coefficient (Wildman–Crippen LogP) is 9.68. The Morgan fingerprint density at radius 3 is 1.77 bits per heavy atom. The smallest absolute Gasteiger partial charge is 0.144 e. The molecule has 0 radical (unpaired) electrons. The van der Waals surface area contributed by atoms with Crippen molar-refractivity contribution in [3.8, 4) is 22.6 Å². The molecule has 47 heavy (non-hydrogen) atoms. The number of ether oxygens (including phenoxy) is 3. The molecule has 0 saturated heterocycles. The highest BCUT2D eigenvalue weighted by atomic mass is 16.5. The minimum Gasteiger partial charge on any atom is -0.497 e. The summed E-state index contributed by atoms with van der Waals surface area (Å²) in [6, 6.07) is 52.0. The average Bonchev–Trinajstić information content (AvgIpc) is 3.15. The summed E-state index contributed by atoms with van der Waals surface area (Å²) in [5.41, 5.74) is 5.93. The Hall–Kier alpha value is -5.42. The van der Waals surface area contributed by atoms with Gasteiger partial charge in [0.15, 0.2) is 0 Å².